The van der Waals surface area contributed by atoms with Crippen molar-refractivity contribution >= 4 is 17.5 Å². The lowest BCUT2D eigenvalue weighted by Crippen LogP contribution is -2.56. The van der Waals surface area contributed by atoms with E-state index < -0.39 is 17.7 Å². The molecule has 7 heteroatoms. The van der Waals surface area contributed by atoms with Crippen LogP contribution < -0.4 is 5.32 Å². The third kappa shape index (κ3) is 4.19. The Kier molecular flexibility index (Phi) is 6.67. The van der Waals surface area contributed by atoms with Crippen LogP contribution in [0.1, 0.15) is 24.5 Å². The molecule has 0 bridgehead atoms. The Hall–Kier alpha value is -2.05. The topological polar surface area (TPSA) is 38.3 Å². The van der Waals surface area contributed by atoms with Gasteiger partial charge < -0.3 is 10.1 Å². The number of rotatable bonds is 7. The molecule has 0 aliphatic heterocycles. The number of alkyl halides is 3. The van der Waals surface area contributed by atoms with Gasteiger partial charge in [-0.25, -0.2) is 0 Å². The van der Waals surface area contributed by atoms with E-state index in [1.165, 1.54) is 24.3 Å². The van der Waals surface area contributed by atoms with Gasteiger partial charge in [0.1, 0.15) is 0 Å². The monoisotopic (exact) mass is 385 g/mol. The number of hydrogen-bond acceptors (Lipinski definition) is 2. The Morgan fingerprint density at radius 1 is 1.08 bits per heavy atom. The van der Waals surface area contributed by atoms with E-state index in [0.29, 0.717) is 17.0 Å². The van der Waals surface area contributed by atoms with Gasteiger partial charge in [-0.15, -0.1) is 0 Å². The van der Waals surface area contributed by atoms with Gasteiger partial charge >= 0.3 is 6.18 Å². The van der Waals surface area contributed by atoms with Crippen molar-refractivity contribution in [3.63, 3.8) is 0 Å². The number of carbonyl (C=O) groups is 1. The first-order chi connectivity index (χ1) is 12.3. The second-order valence-corrected chi connectivity index (χ2v) is 6.07. The Balaban J connectivity index is 2.38. The van der Waals surface area contributed by atoms with Crippen molar-refractivity contribution in [1.82, 2.24) is 5.32 Å². The molecule has 0 aromatic heterocycles. The number of benzene rings is 2. The van der Waals surface area contributed by atoms with Crippen molar-refractivity contribution in [2.45, 2.75) is 31.7 Å². The summed E-state index contributed by atoms with van der Waals surface area (Å²) in [6.45, 7) is 1.32. The molecule has 0 aliphatic carbocycles. The van der Waals surface area contributed by atoms with Gasteiger partial charge in [0.15, 0.2) is 0 Å². The van der Waals surface area contributed by atoms with E-state index in [-0.39, 0.29) is 18.7 Å². The van der Waals surface area contributed by atoms with Crippen LogP contribution in [0.25, 0.3) is 0 Å². The van der Waals surface area contributed by atoms with Crippen molar-refractivity contribution in [3.8, 4) is 0 Å². The molecule has 0 heterocycles. The highest BCUT2D eigenvalue weighted by molar-refractivity contribution is 6.31. The highest BCUT2D eigenvalue weighted by atomic mass is 35.5. The summed E-state index contributed by atoms with van der Waals surface area (Å²) in [6, 6.07) is 13.5. The molecule has 140 valence electrons. The summed E-state index contributed by atoms with van der Waals surface area (Å²) >= 11 is 6.01. The third-order valence-corrected chi connectivity index (χ3v) is 4.19. The molecule has 0 aliphatic rings. The Morgan fingerprint density at radius 2 is 1.69 bits per heavy atom. The maximum absolute atomic E-state index is 14.0. The summed E-state index contributed by atoms with van der Waals surface area (Å²) in [4.78, 5) is 12.7. The molecule has 0 spiro atoms. The fraction of sp³-hybridized carbons (Fsp3) is 0.316. The van der Waals surface area contributed by atoms with E-state index in [1.54, 1.807) is 37.3 Å². The Bertz CT molecular complexity index is 737. The zero-order chi connectivity index (χ0) is 19.2. The standard InChI is InChI=1S/C19H19ClF3NO2/c1-2-12-26-18(19(21,22)23,15-9-4-3-5-10-15)17(25)24-13-14-8-6-7-11-16(14)20/h3-11H,2,12-13H2,1H3,(H,24,25). The average Bonchev–Trinajstić information content (AvgIpc) is 2.61. The fourth-order valence-electron chi connectivity index (χ4n) is 2.52. The first kappa shape index (κ1) is 20.3. The molecular weight excluding hydrogens is 367 g/mol. The van der Waals surface area contributed by atoms with E-state index in [0.717, 1.165) is 0 Å². The molecule has 1 amide bonds. The minimum absolute atomic E-state index is 0.140. The lowest BCUT2D eigenvalue weighted by atomic mass is 9.91. The highest BCUT2D eigenvalue weighted by Gasteiger charge is 2.63. The molecule has 2 rings (SSSR count). The summed E-state index contributed by atoms with van der Waals surface area (Å²) in [5.74, 6) is -1.27. The quantitative estimate of drug-likeness (QED) is 0.740. The van der Waals surface area contributed by atoms with Crippen molar-refractivity contribution < 1.29 is 22.7 Å². The second kappa shape index (κ2) is 8.56. The van der Waals surface area contributed by atoms with Crippen LogP contribution in [0.2, 0.25) is 5.02 Å². The van der Waals surface area contributed by atoms with E-state index in [1.807, 2.05) is 0 Å². The lowest BCUT2D eigenvalue weighted by molar-refractivity contribution is -0.273. The highest BCUT2D eigenvalue weighted by Crippen LogP contribution is 2.42. The predicted molar refractivity (Wildman–Crippen MR) is 93.7 cm³/mol. The number of amides is 1. The van der Waals surface area contributed by atoms with Crippen LogP contribution in [0.5, 0.6) is 0 Å². The number of ether oxygens (including phenoxy) is 1. The molecule has 0 saturated carbocycles. The van der Waals surface area contributed by atoms with E-state index >= 15 is 0 Å². The SMILES string of the molecule is CCCOC(C(=O)NCc1ccccc1Cl)(c1ccccc1)C(F)(F)F. The smallest absolute Gasteiger partial charge is 0.353 e. The van der Waals surface area contributed by atoms with Crippen LogP contribution in [0.3, 0.4) is 0 Å². The largest absolute Gasteiger partial charge is 0.430 e. The maximum Gasteiger partial charge on any atom is 0.430 e. The van der Waals surface area contributed by atoms with Gasteiger partial charge in [-0.2, -0.15) is 13.2 Å². The van der Waals surface area contributed by atoms with Crippen molar-refractivity contribution in [3.05, 3.63) is 70.7 Å². The molecule has 2 aromatic rings. The molecule has 1 unspecified atom stereocenters. The van der Waals surface area contributed by atoms with Gasteiger partial charge in [0.05, 0.1) is 0 Å². The van der Waals surface area contributed by atoms with Crippen molar-refractivity contribution in [2.75, 3.05) is 6.61 Å². The Labute approximate surface area is 155 Å². The fourth-order valence-corrected chi connectivity index (χ4v) is 2.73. The first-order valence-corrected chi connectivity index (χ1v) is 8.48. The predicted octanol–water partition coefficient (Wildman–Crippen LogP) is 4.84. The third-order valence-electron chi connectivity index (χ3n) is 3.82. The molecule has 0 saturated heterocycles. The molecule has 26 heavy (non-hydrogen) atoms. The normalized spacial score (nSPS) is 13.9. The molecule has 1 atom stereocenters. The van der Waals surface area contributed by atoms with Gasteiger partial charge in [0.25, 0.3) is 11.5 Å². The summed E-state index contributed by atoms with van der Waals surface area (Å²) in [5.41, 5.74) is -2.83. The zero-order valence-corrected chi connectivity index (χ0v) is 14.9. The molecule has 3 nitrogen and oxygen atoms in total. The van der Waals surface area contributed by atoms with E-state index in [2.05, 4.69) is 5.32 Å². The van der Waals surface area contributed by atoms with Crippen molar-refractivity contribution in [2.24, 2.45) is 0 Å². The molecule has 0 fully saturated rings. The summed E-state index contributed by atoms with van der Waals surface area (Å²) in [7, 11) is 0. The van der Waals surface area contributed by atoms with Crippen LogP contribution in [0.4, 0.5) is 13.2 Å². The average molecular weight is 386 g/mol. The summed E-state index contributed by atoms with van der Waals surface area (Å²) < 4.78 is 47.2. The minimum Gasteiger partial charge on any atom is -0.353 e. The molecule has 0 radical (unpaired) electrons. The Morgan fingerprint density at radius 3 is 2.27 bits per heavy atom. The molecule has 2 aromatic carbocycles. The minimum atomic E-state index is -4.94. The second-order valence-electron chi connectivity index (χ2n) is 5.67. The molecular formula is C19H19ClF3NO2. The lowest BCUT2D eigenvalue weighted by Gasteiger charge is -2.34. The van der Waals surface area contributed by atoms with Crippen LogP contribution in [0, 0.1) is 0 Å². The van der Waals surface area contributed by atoms with Gasteiger partial charge in [-0.1, -0.05) is 67.1 Å². The number of carbonyl (C=O) groups excluding carboxylic acids is 1. The van der Waals surface area contributed by atoms with Gasteiger partial charge in [-0.3, -0.25) is 4.79 Å². The zero-order valence-electron chi connectivity index (χ0n) is 14.1. The van der Waals surface area contributed by atoms with Crippen LogP contribution in [0.15, 0.2) is 54.6 Å². The van der Waals surface area contributed by atoms with Crippen LogP contribution >= 0.6 is 11.6 Å². The summed E-state index contributed by atoms with van der Waals surface area (Å²) in [5, 5.41) is 2.69. The van der Waals surface area contributed by atoms with Gasteiger partial charge in [0, 0.05) is 23.7 Å². The van der Waals surface area contributed by atoms with Crippen LogP contribution in [-0.2, 0) is 21.7 Å². The van der Waals surface area contributed by atoms with Gasteiger partial charge in [0.2, 0.25) is 0 Å². The number of halogens is 4. The van der Waals surface area contributed by atoms with Crippen molar-refractivity contribution in [1.29, 1.82) is 0 Å². The number of nitrogens with one attached hydrogen (secondary N) is 1. The van der Waals surface area contributed by atoms with Crippen LogP contribution in [-0.4, -0.2) is 18.7 Å². The summed E-state index contributed by atoms with van der Waals surface area (Å²) in [6.07, 6.45) is -4.60. The van der Waals surface area contributed by atoms with Gasteiger partial charge in [-0.05, 0) is 18.1 Å². The van der Waals surface area contributed by atoms with E-state index in [4.69, 9.17) is 16.3 Å². The molecule has 1 N–H and O–H groups in total. The number of hydrogen-bond donors (Lipinski definition) is 1. The maximum atomic E-state index is 14.0. The van der Waals surface area contributed by atoms with E-state index in [9.17, 15) is 18.0 Å². The first-order valence-electron chi connectivity index (χ1n) is 8.11.